The second-order valence-corrected chi connectivity index (χ2v) is 5.34. The lowest BCUT2D eigenvalue weighted by molar-refractivity contribution is 0.297. The maximum atomic E-state index is 10.4. The molecule has 0 spiro atoms. The van der Waals surface area contributed by atoms with Crippen molar-refractivity contribution < 1.29 is 5.11 Å². The molecule has 0 atom stereocenters. The molecule has 4 heteroatoms. The lowest BCUT2D eigenvalue weighted by Gasteiger charge is -2.16. The molecule has 96 valence electrons. The molecular weight excluding hydrogens is 256 g/mol. The molecule has 0 bridgehead atoms. The van der Waals surface area contributed by atoms with Gasteiger partial charge in [-0.25, -0.2) is 4.99 Å². The zero-order valence-corrected chi connectivity index (χ0v) is 11.4. The van der Waals surface area contributed by atoms with Gasteiger partial charge in [-0.1, -0.05) is 36.4 Å². The van der Waals surface area contributed by atoms with E-state index in [0.29, 0.717) is 6.54 Å². The smallest absolute Gasteiger partial charge is 0.208 e. The number of aliphatic imine (C=N–C) groups is 1. The van der Waals surface area contributed by atoms with Crippen LogP contribution in [0.1, 0.15) is 11.1 Å². The number of nitrogens with zero attached hydrogens (tertiary/aromatic N) is 2. The number of benzene rings is 1. The molecule has 0 aliphatic carbocycles. The number of thioether (sulfide) groups is 1. The number of allylic oxidation sites excluding steroid dienone is 2. The Morgan fingerprint density at radius 2 is 2.11 bits per heavy atom. The van der Waals surface area contributed by atoms with Crippen molar-refractivity contribution in [2.75, 3.05) is 6.54 Å². The molecule has 2 heterocycles. The third-order valence-electron chi connectivity index (χ3n) is 3.08. The molecule has 1 aromatic rings. The van der Waals surface area contributed by atoms with Crippen molar-refractivity contribution in [2.45, 2.75) is 6.92 Å². The molecule has 1 N–H and O–H groups in total. The predicted molar refractivity (Wildman–Crippen MR) is 80.7 cm³/mol. The Hall–Kier alpha value is -1.94. The van der Waals surface area contributed by atoms with Crippen molar-refractivity contribution in [1.82, 2.24) is 4.90 Å². The highest BCUT2D eigenvalue weighted by molar-refractivity contribution is 8.22. The SMILES string of the molecule is Cc1ccccc1C1=C(O)N2C/C=C\C=C/N=C2S1. The van der Waals surface area contributed by atoms with Crippen molar-refractivity contribution in [2.24, 2.45) is 4.99 Å². The van der Waals surface area contributed by atoms with E-state index in [9.17, 15) is 5.11 Å². The van der Waals surface area contributed by atoms with E-state index in [-0.39, 0.29) is 5.88 Å². The van der Waals surface area contributed by atoms with E-state index in [1.165, 1.54) is 11.8 Å². The van der Waals surface area contributed by atoms with Gasteiger partial charge in [0.05, 0.1) is 4.91 Å². The van der Waals surface area contributed by atoms with Gasteiger partial charge in [-0.05, 0) is 35.9 Å². The first-order valence-electron chi connectivity index (χ1n) is 6.11. The summed E-state index contributed by atoms with van der Waals surface area (Å²) in [6.07, 6.45) is 7.58. The van der Waals surface area contributed by atoms with Crippen LogP contribution in [-0.2, 0) is 0 Å². The Morgan fingerprint density at radius 1 is 1.26 bits per heavy atom. The molecule has 1 aromatic carbocycles. The van der Waals surface area contributed by atoms with Crippen LogP contribution in [0, 0.1) is 6.92 Å². The van der Waals surface area contributed by atoms with E-state index in [0.717, 1.165) is 21.2 Å². The molecule has 3 nitrogen and oxygen atoms in total. The molecule has 0 radical (unpaired) electrons. The van der Waals surface area contributed by atoms with Crippen LogP contribution in [0.5, 0.6) is 0 Å². The van der Waals surface area contributed by atoms with Crippen LogP contribution in [0.2, 0.25) is 0 Å². The maximum absolute atomic E-state index is 10.4. The molecule has 3 rings (SSSR count). The van der Waals surface area contributed by atoms with Crippen molar-refractivity contribution in [1.29, 1.82) is 0 Å². The standard InChI is InChI=1S/C15H14N2OS/c1-11-7-3-4-8-12(11)13-14(18)17-10-6-2-5-9-16-15(17)19-13/h2-9,18H,10H2,1H3/b6-2-,9-5-,16-15?. The topological polar surface area (TPSA) is 35.8 Å². The quantitative estimate of drug-likeness (QED) is 0.845. The highest BCUT2D eigenvalue weighted by Gasteiger charge is 2.30. The summed E-state index contributed by atoms with van der Waals surface area (Å²) in [6, 6.07) is 8.07. The van der Waals surface area contributed by atoms with Gasteiger partial charge in [0.15, 0.2) is 5.17 Å². The second-order valence-electron chi connectivity index (χ2n) is 4.36. The molecule has 2 aliphatic heterocycles. The molecule has 0 saturated carbocycles. The van der Waals surface area contributed by atoms with Gasteiger partial charge in [0, 0.05) is 12.7 Å². The fraction of sp³-hybridized carbons (Fsp3) is 0.133. The largest absolute Gasteiger partial charge is 0.494 e. The van der Waals surface area contributed by atoms with E-state index in [1.807, 2.05) is 54.3 Å². The van der Waals surface area contributed by atoms with E-state index in [1.54, 1.807) is 6.20 Å². The minimum Gasteiger partial charge on any atom is -0.494 e. The second kappa shape index (κ2) is 4.97. The van der Waals surface area contributed by atoms with Gasteiger partial charge >= 0.3 is 0 Å². The zero-order chi connectivity index (χ0) is 13.2. The Labute approximate surface area is 116 Å². The zero-order valence-electron chi connectivity index (χ0n) is 10.6. The van der Waals surface area contributed by atoms with E-state index in [2.05, 4.69) is 4.99 Å². The van der Waals surface area contributed by atoms with Gasteiger partial charge in [0.2, 0.25) is 5.88 Å². The van der Waals surface area contributed by atoms with Crippen LogP contribution in [0.4, 0.5) is 0 Å². The molecule has 0 aromatic heterocycles. The number of hydrogen-bond acceptors (Lipinski definition) is 4. The summed E-state index contributed by atoms with van der Waals surface area (Å²) in [5.74, 6) is 0.290. The summed E-state index contributed by atoms with van der Waals surface area (Å²) in [6.45, 7) is 2.69. The van der Waals surface area contributed by atoms with Gasteiger partial charge in [0.1, 0.15) is 0 Å². The normalized spacial score (nSPS) is 21.5. The first-order valence-corrected chi connectivity index (χ1v) is 6.93. The fourth-order valence-electron chi connectivity index (χ4n) is 2.07. The Morgan fingerprint density at radius 3 is 2.95 bits per heavy atom. The molecule has 0 saturated heterocycles. The average molecular weight is 270 g/mol. The third kappa shape index (κ3) is 2.19. The van der Waals surface area contributed by atoms with Gasteiger partial charge in [-0.3, -0.25) is 4.90 Å². The lowest BCUT2D eigenvalue weighted by Crippen LogP contribution is -2.24. The Balaban J connectivity index is 2.05. The Bertz CT molecular complexity index is 629. The minimum absolute atomic E-state index is 0.290. The summed E-state index contributed by atoms with van der Waals surface area (Å²) in [5.41, 5.74) is 2.21. The summed E-state index contributed by atoms with van der Waals surface area (Å²) in [5, 5.41) is 11.2. The van der Waals surface area contributed by atoms with Gasteiger partial charge in [0.25, 0.3) is 0 Å². The monoisotopic (exact) mass is 270 g/mol. The number of fused-ring (bicyclic) bond motifs is 1. The van der Waals surface area contributed by atoms with Crippen molar-refractivity contribution in [3.05, 3.63) is 65.7 Å². The molecule has 2 aliphatic rings. The molecule has 0 amide bonds. The Kier molecular flexibility index (Phi) is 3.17. The summed E-state index contributed by atoms with van der Waals surface area (Å²) < 4.78 is 0. The van der Waals surface area contributed by atoms with Crippen LogP contribution >= 0.6 is 11.8 Å². The van der Waals surface area contributed by atoms with Crippen LogP contribution in [0.3, 0.4) is 0 Å². The summed E-state index contributed by atoms with van der Waals surface area (Å²) in [4.78, 5) is 7.07. The van der Waals surface area contributed by atoms with E-state index >= 15 is 0 Å². The summed E-state index contributed by atoms with van der Waals surface area (Å²) in [7, 11) is 0. The highest BCUT2D eigenvalue weighted by atomic mass is 32.2. The molecule has 0 fully saturated rings. The van der Waals surface area contributed by atoms with Gasteiger partial charge < -0.3 is 5.11 Å². The number of hydrogen-bond donors (Lipinski definition) is 1. The maximum Gasteiger partial charge on any atom is 0.208 e. The van der Waals surface area contributed by atoms with Crippen LogP contribution in [0.15, 0.2) is 59.6 Å². The van der Waals surface area contributed by atoms with Crippen molar-refractivity contribution >= 4 is 21.8 Å². The fourth-order valence-corrected chi connectivity index (χ4v) is 3.18. The minimum atomic E-state index is 0.290. The van der Waals surface area contributed by atoms with Crippen molar-refractivity contribution in [3.63, 3.8) is 0 Å². The van der Waals surface area contributed by atoms with Crippen LogP contribution in [0.25, 0.3) is 4.91 Å². The number of amidine groups is 1. The first kappa shape index (κ1) is 12.1. The van der Waals surface area contributed by atoms with Crippen LogP contribution < -0.4 is 0 Å². The van der Waals surface area contributed by atoms with Crippen molar-refractivity contribution in [3.8, 4) is 0 Å². The lowest BCUT2D eigenvalue weighted by atomic mass is 10.1. The first-order chi connectivity index (χ1) is 9.27. The number of rotatable bonds is 1. The van der Waals surface area contributed by atoms with Crippen LogP contribution in [-0.4, -0.2) is 21.7 Å². The molecular formula is C15H14N2OS. The van der Waals surface area contributed by atoms with Gasteiger partial charge in [-0.15, -0.1) is 0 Å². The van der Waals surface area contributed by atoms with E-state index in [4.69, 9.17) is 0 Å². The molecule has 0 unspecified atom stereocenters. The number of aliphatic hydroxyl groups excluding tert-OH is 1. The average Bonchev–Trinajstić information content (AvgIpc) is 2.66. The van der Waals surface area contributed by atoms with E-state index < -0.39 is 0 Å². The number of aryl methyl sites for hydroxylation is 1. The highest BCUT2D eigenvalue weighted by Crippen LogP contribution is 2.41. The van der Waals surface area contributed by atoms with Gasteiger partial charge in [-0.2, -0.15) is 0 Å². The predicted octanol–water partition coefficient (Wildman–Crippen LogP) is 3.67. The molecule has 19 heavy (non-hydrogen) atoms. The third-order valence-corrected chi connectivity index (χ3v) is 4.19. The number of aliphatic hydroxyl groups is 1. The summed E-state index contributed by atoms with van der Waals surface area (Å²) >= 11 is 1.51.